The van der Waals surface area contributed by atoms with Crippen LogP contribution < -0.4 is 0 Å². The van der Waals surface area contributed by atoms with Gasteiger partial charge >= 0.3 is 0 Å². The van der Waals surface area contributed by atoms with E-state index in [1.165, 1.54) is 0 Å². The Balaban J connectivity index is 1.38. The Morgan fingerprint density at radius 2 is 2.16 bits per heavy atom. The normalized spacial score (nSPS) is 31.7. The van der Waals surface area contributed by atoms with Crippen LogP contribution in [0.4, 0.5) is 0 Å². The third kappa shape index (κ3) is 2.87. The van der Waals surface area contributed by atoms with E-state index in [-0.39, 0.29) is 23.5 Å². The molecule has 3 fully saturated rings. The summed E-state index contributed by atoms with van der Waals surface area (Å²) in [6, 6.07) is 5.64. The van der Waals surface area contributed by atoms with Gasteiger partial charge in [-0.15, -0.1) is 0 Å². The first-order chi connectivity index (χ1) is 11.9. The van der Waals surface area contributed by atoms with E-state index in [1.807, 2.05) is 18.2 Å². The van der Waals surface area contributed by atoms with Gasteiger partial charge in [0.1, 0.15) is 4.75 Å². The third-order valence-electron chi connectivity index (χ3n) is 6.05. The lowest BCUT2D eigenvalue weighted by Crippen LogP contribution is -2.69. The summed E-state index contributed by atoms with van der Waals surface area (Å²) in [4.78, 5) is 18.3. The zero-order valence-electron chi connectivity index (χ0n) is 14.4. The van der Waals surface area contributed by atoms with Crippen molar-refractivity contribution in [2.45, 2.75) is 31.1 Å². The number of pyridine rings is 1. The van der Waals surface area contributed by atoms with Crippen LogP contribution in [0, 0.1) is 17.8 Å². The van der Waals surface area contributed by atoms with Crippen LogP contribution in [0.15, 0.2) is 24.4 Å². The SMILES string of the molecule is C[C@@H]1C[C@@H]1C(=O)N1CC2(C1)[C@@H](COCc1ccccn1)CCS2(=O)=O. The van der Waals surface area contributed by atoms with Crippen LogP contribution in [-0.4, -0.2) is 54.4 Å². The van der Waals surface area contributed by atoms with Gasteiger partial charge in [0.25, 0.3) is 0 Å². The Kier molecular flexibility index (Phi) is 4.11. The largest absolute Gasteiger partial charge is 0.375 e. The number of carbonyl (C=O) groups is 1. The molecule has 3 heterocycles. The predicted octanol–water partition coefficient (Wildman–Crippen LogP) is 1.27. The molecule has 3 atom stereocenters. The average molecular weight is 364 g/mol. The van der Waals surface area contributed by atoms with E-state index in [9.17, 15) is 13.2 Å². The Morgan fingerprint density at radius 3 is 2.80 bits per heavy atom. The fourth-order valence-electron chi connectivity index (χ4n) is 4.15. The summed E-state index contributed by atoms with van der Waals surface area (Å²) >= 11 is 0. The minimum Gasteiger partial charge on any atom is -0.375 e. The van der Waals surface area contributed by atoms with E-state index >= 15 is 0 Å². The van der Waals surface area contributed by atoms with Crippen molar-refractivity contribution in [3.05, 3.63) is 30.1 Å². The summed E-state index contributed by atoms with van der Waals surface area (Å²) in [5.74, 6) is 0.851. The van der Waals surface area contributed by atoms with Crippen LogP contribution in [-0.2, 0) is 26.0 Å². The Morgan fingerprint density at radius 1 is 1.40 bits per heavy atom. The second-order valence-electron chi connectivity index (χ2n) is 7.72. The van der Waals surface area contributed by atoms with E-state index in [4.69, 9.17) is 4.74 Å². The minimum absolute atomic E-state index is 0.0399. The fourth-order valence-corrected chi connectivity index (χ4v) is 6.55. The molecule has 6 nitrogen and oxygen atoms in total. The molecule has 1 aromatic rings. The number of aromatic nitrogens is 1. The molecule has 7 heteroatoms. The number of hydrogen-bond donors (Lipinski definition) is 0. The molecule has 4 rings (SSSR count). The molecule has 3 aliphatic rings. The molecule has 0 unspecified atom stereocenters. The molecule has 2 aliphatic heterocycles. The molecule has 1 amide bonds. The second-order valence-corrected chi connectivity index (χ2v) is 10.2. The number of nitrogens with zero attached hydrogens (tertiary/aromatic N) is 2. The van der Waals surface area contributed by atoms with Gasteiger partial charge < -0.3 is 9.64 Å². The van der Waals surface area contributed by atoms with E-state index in [0.29, 0.717) is 38.6 Å². The van der Waals surface area contributed by atoms with Crippen molar-refractivity contribution in [2.75, 3.05) is 25.4 Å². The second kappa shape index (κ2) is 6.06. The summed E-state index contributed by atoms with van der Waals surface area (Å²) in [7, 11) is -3.17. The molecular formula is C18H24N2O4S. The zero-order valence-corrected chi connectivity index (χ0v) is 15.2. The van der Waals surface area contributed by atoms with E-state index in [0.717, 1.165) is 12.1 Å². The molecule has 1 aromatic heterocycles. The Hall–Kier alpha value is -1.47. The summed E-state index contributed by atoms with van der Waals surface area (Å²) in [6.07, 6.45) is 3.27. The maximum absolute atomic E-state index is 12.6. The lowest BCUT2D eigenvalue weighted by Gasteiger charge is -2.50. The van der Waals surface area contributed by atoms with E-state index in [1.54, 1.807) is 11.1 Å². The van der Waals surface area contributed by atoms with E-state index < -0.39 is 14.6 Å². The first-order valence-electron chi connectivity index (χ1n) is 8.92. The van der Waals surface area contributed by atoms with Crippen LogP contribution in [0.1, 0.15) is 25.5 Å². The van der Waals surface area contributed by atoms with Crippen molar-refractivity contribution in [1.82, 2.24) is 9.88 Å². The maximum atomic E-state index is 12.6. The lowest BCUT2D eigenvalue weighted by molar-refractivity contribution is -0.139. The van der Waals surface area contributed by atoms with Crippen LogP contribution in [0.5, 0.6) is 0 Å². The quantitative estimate of drug-likeness (QED) is 0.786. The number of ether oxygens (including phenoxy) is 1. The van der Waals surface area contributed by atoms with Crippen molar-refractivity contribution in [2.24, 2.45) is 17.8 Å². The monoisotopic (exact) mass is 364 g/mol. The molecule has 25 heavy (non-hydrogen) atoms. The summed E-state index contributed by atoms with van der Waals surface area (Å²) in [5, 5.41) is 0. The van der Waals surface area contributed by atoms with Crippen molar-refractivity contribution in [3.63, 3.8) is 0 Å². The molecule has 0 radical (unpaired) electrons. The number of carbonyl (C=O) groups excluding carboxylic acids is 1. The topological polar surface area (TPSA) is 76.6 Å². The Labute approximate surface area is 148 Å². The maximum Gasteiger partial charge on any atom is 0.226 e. The van der Waals surface area contributed by atoms with Crippen LogP contribution in [0.25, 0.3) is 0 Å². The summed E-state index contributed by atoms with van der Waals surface area (Å²) in [5.41, 5.74) is 0.838. The highest BCUT2D eigenvalue weighted by atomic mass is 32.2. The lowest BCUT2D eigenvalue weighted by atomic mass is 9.83. The number of hydrogen-bond acceptors (Lipinski definition) is 5. The molecule has 2 saturated heterocycles. The average Bonchev–Trinajstić information content (AvgIpc) is 3.21. The first kappa shape index (κ1) is 17.0. The molecule has 136 valence electrons. The molecule has 0 aromatic carbocycles. The number of sulfone groups is 1. The molecular weight excluding hydrogens is 340 g/mol. The van der Waals surface area contributed by atoms with Gasteiger partial charge in [-0.3, -0.25) is 9.78 Å². The van der Waals surface area contributed by atoms with Crippen LogP contribution in [0.3, 0.4) is 0 Å². The van der Waals surface area contributed by atoms with Gasteiger partial charge in [0.2, 0.25) is 5.91 Å². The van der Waals surface area contributed by atoms with Crippen molar-refractivity contribution in [3.8, 4) is 0 Å². The predicted molar refractivity (Wildman–Crippen MR) is 92.4 cm³/mol. The molecule has 1 saturated carbocycles. The van der Waals surface area contributed by atoms with Gasteiger partial charge in [0.05, 0.1) is 24.7 Å². The summed E-state index contributed by atoms with van der Waals surface area (Å²) in [6.45, 7) is 3.54. The third-order valence-corrected chi connectivity index (χ3v) is 8.65. The number of rotatable bonds is 5. The van der Waals surface area contributed by atoms with Gasteiger partial charge in [-0.1, -0.05) is 13.0 Å². The van der Waals surface area contributed by atoms with Crippen LogP contribution >= 0.6 is 0 Å². The Bertz CT molecular complexity index is 759. The first-order valence-corrected chi connectivity index (χ1v) is 10.6. The zero-order chi connectivity index (χ0) is 17.7. The van der Waals surface area contributed by atoms with Crippen molar-refractivity contribution in [1.29, 1.82) is 0 Å². The van der Waals surface area contributed by atoms with Crippen LogP contribution in [0.2, 0.25) is 0 Å². The van der Waals surface area contributed by atoms with Crippen molar-refractivity contribution >= 4 is 15.7 Å². The minimum atomic E-state index is -3.17. The van der Waals surface area contributed by atoms with Crippen molar-refractivity contribution < 1.29 is 17.9 Å². The fraction of sp³-hybridized carbons (Fsp3) is 0.667. The van der Waals surface area contributed by atoms with E-state index in [2.05, 4.69) is 11.9 Å². The van der Waals surface area contributed by atoms with Gasteiger partial charge in [-0.2, -0.15) is 0 Å². The highest BCUT2D eigenvalue weighted by Gasteiger charge is 2.63. The van der Waals surface area contributed by atoms with Gasteiger partial charge in [-0.25, -0.2) is 8.42 Å². The number of amides is 1. The van der Waals surface area contributed by atoms with Gasteiger partial charge in [0.15, 0.2) is 9.84 Å². The standard InChI is InChI=1S/C18H24N2O4S/c1-13-8-16(13)17(21)20-11-18(12-20)14(5-7-25(18,22)23)9-24-10-15-4-2-3-6-19-15/h2-4,6,13-14,16H,5,7-12H2,1H3/t13-,14-,16+/m1/s1. The molecule has 1 aliphatic carbocycles. The van der Waals surface area contributed by atoms with Gasteiger partial charge in [0, 0.05) is 31.1 Å². The smallest absolute Gasteiger partial charge is 0.226 e. The molecule has 0 N–H and O–H groups in total. The summed E-state index contributed by atoms with van der Waals surface area (Å²) < 4.78 is 30.2. The highest BCUT2D eigenvalue weighted by Crippen LogP contribution is 2.47. The van der Waals surface area contributed by atoms with Gasteiger partial charge in [-0.05, 0) is 30.9 Å². The number of likely N-dealkylation sites (tertiary alicyclic amines) is 1. The molecule has 1 spiro atoms. The highest BCUT2D eigenvalue weighted by molar-refractivity contribution is 7.93. The molecule has 0 bridgehead atoms.